The number of nitrogens with one attached hydrogen (secondary N) is 1. The number of benzene rings is 2. The standard InChI is InChI=1S/C25H32N2O5/c1-30-15-12-26-24(28)20-6-4-18(5-7-20)16-19-10-13-27(14-11-19)25(29)22-9-8-21(31-2)17-23(22)32-3/h4-9,17,19H,10-16H2,1-3H3,(H,26,28). The summed E-state index contributed by atoms with van der Waals surface area (Å²) in [7, 11) is 4.76. The number of piperidine rings is 1. The van der Waals surface area contributed by atoms with Crippen molar-refractivity contribution in [2.45, 2.75) is 19.3 Å². The van der Waals surface area contributed by atoms with Gasteiger partial charge in [-0.2, -0.15) is 0 Å². The van der Waals surface area contributed by atoms with Crippen LogP contribution in [-0.2, 0) is 11.2 Å². The molecule has 0 spiro atoms. The van der Waals surface area contributed by atoms with Crippen LogP contribution in [0.1, 0.15) is 39.1 Å². The molecule has 2 aromatic carbocycles. The minimum Gasteiger partial charge on any atom is -0.497 e. The Kier molecular flexibility index (Phi) is 8.50. The Bertz CT molecular complexity index is 905. The van der Waals surface area contributed by atoms with Gasteiger partial charge in [0.25, 0.3) is 11.8 Å². The zero-order valence-electron chi connectivity index (χ0n) is 19.1. The summed E-state index contributed by atoms with van der Waals surface area (Å²) in [6.07, 6.45) is 2.84. The molecule has 2 aromatic rings. The van der Waals surface area contributed by atoms with Gasteiger partial charge in [0.2, 0.25) is 0 Å². The molecule has 1 aliphatic heterocycles. The van der Waals surface area contributed by atoms with E-state index in [0.29, 0.717) is 41.7 Å². The van der Waals surface area contributed by atoms with Crippen molar-refractivity contribution in [3.8, 4) is 11.5 Å². The second kappa shape index (κ2) is 11.5. The molecule has 1 aliphatic rings. The number of amides is 2. The lowest BCUT2D eigenvalue weighted by molar-refractivity contribution is 0.0687. The fourth-order valence-electron chi connectivity index (χ4n) is 3.98. The smallest absolute Gasteiger partial charge is 0.257 e. The molecule has 32 heavy (non-hydrogen) atoms. The van der Waals surface area contributed by atoms with Crippen LogP contribution in [0.4, 0.5) is 0 Å². The number of nitrogens with zero attached hydrogens (tertiary/aromatic N) is 1. The highest BCUT2D eigenvalue weighted by atomic mass is 16.5. The molecule has 7 heteroatoms. The van der Waals surface area contributed by atoms with Gasteiger partial charge in [0.05, 0.1) is 26.4 Å². The summed E-state index contributed by atoms with van der Waals surface area (Å²) in [6.45, 7) is 2.43. The SMILES string of the molecule is COCCNC(=O)c1ccc(CC2CCN(C(=O)c3ccc(OC)cc3OC)CC2)cc1. The van der Waals surface area contributed by atoms with E-state index in [4.69, 9.17) is 14.2 Å². The maximum atomic E-state index is 13.0. The first-order valence-electron chi connectivity index (χ1n) is 10.9. The minimum absolute atomic E-state index is 0.00760. The van der Waals surface area contributed by atoms with E-state index in [1.54, 1.807) is 39.5 Å². The number of methoxy groups -OCH3 is 3. The van der Waals surface area contributed by atoms with Crippen molar-refractivity contribution in [1.29, 1.82) is 0 Å². The maximum absolute atomic E-state index is 13.0. The molecule has 7 nitrogen and oxygen atoms in total. The van der Waals surface area contributed by atoms with Crippen molar-refractivity contribution < 1.29 is 23.8 Å². The second-order valence-electron chi connectivity index (χ2n) is 7.95. The molecule has 0 bridgehead atoms. The first-order chi connectivity index (χ1) is 15.5. The Balaban J connectivity index is 1.52. The van der Waals surface area contributed by atoms with E-state index in [2.05, 4.69) is 5.32 Å². The fourth-order valence-corrected chi connectivity index (χ4v) is 3.98. The lowest BCUT2D eigenvalue weighted by Gasteiger charge is -2.32. The molecule has 172 valence electrons. The Morgan fingerprint density at radius 3 is 2.34 bits per heavy atom. The zero-order valence-corrected chi connectivity index (χ0v) is 19.1. The third-order valence-corrected chi connectivity index (χ3v) is 5.87. The first kappa shape index (κ1) is 23.6. The van der Waals surface area contributed by atoms with Crippen LogP contribution in [0, 0.1) is 5.92 Å². The zero-order chi connectivity index (χ0) is 22.9. The van der Waals surface area contributed by atoms with Crippen LogP contribution in [0.25, 0.3) is 0 Å². The van der Waals surface area contributed by atoms with Gasteiger partial charge >= 0.3 is 0 Å². The number of likely N-dealkylation sites (tertiary alicyclic amines) is 1. The fraction of sp³-hybridized carbons (Fsp3) is 0.440. The van der Waals surface area contributed by atoms with Crippen LogP contribution in [0.3, 0.4) is 0 Å². The monoisotopic (exact) mass is 440 g/mol. The molecule has 1 saturated heterocycles. The Hall–Kier alpha value is -3.06. The van der Waals surface area contributed by atoms with Gasteiger partial charge in [0.1, 0.15) is 11.5 Å². The van der Waals surface area contributed by atoms with Gasteiger partial charge in [0, 0.05) is 38.4 Å². The van der Waals surface area contributed by atoms with Crippen molar-refractivity contribution in [3.63, 3.8) is 0 Å². The molecule has 1 fully saturated rings. The molecule has 1 N–H and O–H groups in total. The number of hydrogen-bond donors (Lipinski definition) is 1. The van der Waals surface area contributed by atoms with Gasteiger partial charge in [-0.3, -0.25) is 9.59 Å². The van der Waals surface area contributed by atoms with E-state index in [1.165, 1.54) is 5.56 Å². The largest absolute Gasteiger partial charge is 0.497 e. The summed E-state index contributed by atoms with van der Waals surface area (Å²) in [6, 6.07) is 13.1. The number of carbonyl (C=O) groups excluding carboxylic acids is 2. The molecule has 0 radical (unpaired) electrons. The van der Waals surface area contributed by atoms with Gasteiger partial charge in [-0.25, -0.2) is 0 Å². The van der Waals surface area contributed by atoms with Crippen molar-refractivity contribution in [1.82, 2.24) is 10.2 Å². The average Bonchev–Trinajstić information content (AvgIpc) is 2.84. The number of rotatable bonds is 9. The van der Waals surface area contributed by atoms with E-state index in [0.717, 1.165) is 32.4 Å². The molecule has 0 aliphatic carbocycles. The Labute approximate surface area is 189 Å². The molecule has 0 unspecified atom stereocenters. The predicted molar refractivity (Wildman–Crippen MR) is 123 cm³/mol. The summed E-state index contributed by atoms with van der Waals surface area (Å²) in [5.41, 5.74) is 2.42. The van der Waals surface area contributed by atoms with Crippen LogP contribution >= 0.6 is 0 Å². The molecule has 1 heterocycles. The van der Waals surface area contributed by atoms with Crippen molar-refractivity contribution in [2.75, 3.05) is 47.6 Å². The van der Waals surface area contributed by atoms with Crippen LogP contribution in [0.15, 0.2) is 42.5 Å². The third-order valence-electron chi connectivity index (χ3n) is 5.87. The summed E-state index contributed by atoms with van der Waals surface area (Å²) in [4.78, 5) is 27.0. The summed E-state index contributed by atoms with van der Waals surface area (Å²) in [5, 5.41) is 2.83. The minimum atomic E-state index is -0.0885. The highest BCUT2D eigenvalue weighted by molar-refractivity contribution is 5.97. The van der Waals surface area contributed by atoms with Crippen LogP contribution in [0.5, 0.6) is 11.5 Å². The average molecular weight is 441 g/mol. The topological polar surface area (TPSA) is 77.1 Å². The maximum Gasteiger partial charge on any atom is 0.257 e. The molecular weight excluding hydrogens is 408 g/mol. The van der Waals surface area contributed by atoms with E-state index in [-0.39, 0.29) is 11.8 Å². The van der Waals surface area contributed by atoms with Gasteiger partial charge in [-0.1, -0.05) is 12.1 Å². The summed E-state index contributed by atoms with van der Waals surface area (Å²) < 4.78 is 15.6. The van der Waals surface area contributed by atoms with Crippen molar-refractivity contribution in [2.24, 2.45) is 5.92 Å². The molecule has 0 saturated carbocycles. The van der Waals surface area contributed by atoms with E-state index in [9.17, 15) is 9.59 Å². The van der Waals surface area contributed by atoms with Crippen molar-refractivity contribution in [3.05, 3.63) is 59.2 Å². The summed E-state index contributed by atoms with van der Waals surface area (Å²) in [5.74, 6) is 1.61. The Morgan fingerprint density at radius 2 is 1.72 bits per heavy atom. The molecule has 0 atom stereocenters. The number of carbonyl (C=O) groups is 2. The first-order valence-corrected chi connectivity index (χ1v) is 10.9. The van der Waals surface area contributed by atoms with E-state index < -0.39 is 0 Å². The molecule has 0 aromatic heterocycles. The highest BCUT2D eigenvalue weighted by Gasteiger charge is 2.26. The lowest BCUT2D eigenvalue weighted by atomic mass is 9.89. The molecule has 3 rings (SSSR count). The second-order valence-corrected chi connectivity index (χ2v) is 7.95. The van der Waals surface area contributed by atoms with Crippen LogP contribution in [0.2, 0.25) is 0 Å². The number of hydrogen-bond acceptors (Lipinski definition) is 5. The number of ether oxygens (including phenoxy) is 3. The third kappa shape index (κ3) is 6.01. The summed E-state index contributed by atoms with van der Waals surface area (Å²) >= 11 is 0. The molecule has 2 amide bonds. The normalized spacial score (nSPS) is 14.2. The van der Waals surface area contributed by atoms with Gasteiger partial charge in [-0.05, 0) is 55.0 Å². The Morgan fingerprint density at radius 1 is 1.00 bits per heavy atom. The van der Waals surface area contributed by atoms with Gasteiger partial charge in [0.15, 0.2) is 0 Å². The van der Waals surface area contributed by atoms with Gasteiger partial charge in [-0.15, -0.1) is 0 Å². The quantitative estimate of drug-likeness (QED) is 0.606. The van der Waals surface area contributed by atoms with Crippen LogP contribution < -0.4 is 14.8 Å². The van der Waals surface area contributed by atoms with Crippen molar-refractivity contribution >= 4 is 11.8 Å². The molecular formula is C25H32N2O5. The van der Waals surface area contributed by atoms with E-state index in [1.807, 2.05) is 29.2 Å². The van der Waals surface area contributed by atoms with Gasteiger partial charge < -0.3 is 24.4 Å². The predicted octanol–water partition coefficient (Wildman–Crippen LogP) is 3.17. The highest BCUT2D eigenvalue weighted by Crippen LogP contribution is 2.28. The lowest BCUT2D eigenvalue weighted by Crippen LogP contribution is -2.39. The van der Waals surface area contributed by atoms with E-state index >= 15 is 0 Å². The van der Waals surface area contributed by atoms with Crippen LogP contribution in [-0.4, -0.2) is 64.3 Å².